The molecule has 5 nitrogen and oxygen atoms in total. The molecule has 0 radical (unpaired) electrons. The number of aromatic nitrogens is 1. The number of carbonyl (C=O) groups is 1. The SMILES string of the molecule is O=C(Cc1coc(-c2ccccc2)n1)N1CCN(c2ccccc2)CC1. The first-order valence-corrected chi connectivity index (χ1v) is 8.87. The van der Waals surface area contributed by atoms with Gasteiger partial charge in [-0.05, 0) is 24.3 Å². The number of para-hydroxylation sites is 1. The molecule has 1 aliphatic rings. The van der Waals surface area contributed by atoms with Gasteiger partial charge in [0.15, 0.2) is 0 Å². The first-order valence-electron chi connectivity index (χ1n) is 8.87. The summed E-state index contributed by atoms with van der Waals surface area (Å²) in [4.78, 5) is 21.3. The van der Waals surface area contributed by atoms with Crippen LogP contribution in [0.2, 0.25) is 0 Å². The molecule has 0 saturated carbocycles. The predicted octanol–water partition coefficient (Wildman–Crippen LogP) is 3.23. The molecule has 2 aromatic carbocycles. The van der Waals surface area contributed by atoms with E-state index in [4.69, 9.17) is 4.42 Å². The van der Waals surface area contributed by atoms with Crippen LogP contribution in [0.5, 0.6) is 0 Å². The van der Waals surface area contributed by atoms with Crippen LogP contribution < -0.4 is 4.90 Å². The van der Waals surface area contributed by atoms with Gasteiger partial charge in [0.1, 0.15) is 6.26 Å². The zero-order chi connectivity index (χ0) is 17.8. The third kappa shape index (κ3) is 3.61. The highest BCUT2D eigenvalue weighted by atomic mass is 16.3. The van der Waals surface area contributed by atoms with Crippen molar-refractivity contribution in [3.8, 4) is 11.5 Å². The summed E-state index contributed by atoms with van der Waals surface area (Å²) < 4.78 is 5.52. The van der Waals surface area contributed by atoms with Crippen LogP contribution >= 0.6 is 0 Å². The molecule has 0 atom stereocenters. The molecule has 0 aliphatic carbocycles. The minimum atomic E-state index is 0.102. The molecule has 0 unspecified atom stereocenters. The molecule has 0 spiro atoms. The molecule has 1 fully saturated rings. The maximum absolute atomic E-state index is 12.6. The Morgan fingerprint density at radius 3 is 2.27 bits per heavy atom. The van der Waals surface area contributed by atoms with Gasteiger partial charge in [0, 0.05) is 37.4 Å². The molecule has 26 heavy (non-hydrogen) atoms. The van der Waals surface area contributed by atoms with Gasteiger partial charge in [0.05, 0.1) is 12.1 Å². The van der Waals surface area contributed by atoms with E-state index in [2.05, 4.69) is 22.0 Å². The number of benzene rings is 2. The Morgan fingerprint density at radius 2 is 1.58 bits per heavy atom. The minimum absolute atomic E-state index is 0.102. The lowest BCUT2D eigenvalue weighted by molar-refractivity contribution is -0.130. The summed E-state index contributed by atoms with van der Waals surface area (Å²) in [5.41, 5.74) is 2.81. The maximum Gasteiger partial charge on any atom is 0.228 e. The van der Waals surface area contributed by atoms with E-state index in [0.29, 0.717) is 11.6 Å². The fourth-order valence-electron chi connectivity index (χ4n) is 3.22. The van der Waals surface area contributed by atoms with Crippen molar-refractivity contribution >= 4 is 11.6 Å². The van der Waals surface area contributed by atoms with Crippen LogP contribution in [-0.2, 0) is 11.2 Å². The summed E-state index contributed by atoms with van der Waals surface area (Å²) in [6.07, 6.45) is 1.86. The Hall–Kier alpha value is -3.08. The highest BCUT2D eigenvalue weighted by Gasteiger charge is 2.22. The monoisotopic (exact) mass is 347 g/mol. The zero-order valence-electron chi connectivity index (χ0n) is 14.5. The lowest BCUT2D eigenvalue weighted by Crippen LogP contribution is -2.49. The molecule has 0 bridgehead atoms. The lowest BCUT2D eigenvalue weighted by atomic mass is 10.2. The molecular weight excluding hydrogens is 326 g/mol. The Kier molecular flexibility index (Phi) is 4.69. The molecule has 1 amide bonds. The van der Waals surface area contributed by atoms with Crippen LogP contribution in [0, 0.1) is 0 Å². The largest absolute Gasteiger partial charge is 0.444 e. The van der Waals surface area contributed by atoms with Crippen LogP contribution in [0.1, 0.15) is 5.69 Å². The number of piperazine rings is 1. The Bertz CT molecular complexity index is 853. The van der Waals surface area contributed by atoms with E-state index in [9.17, 15) is 4.79 Å². The average molecular weight is 347 g/mol. The topological polar surface area (TPSA) is 49.6 Å². The van der Waals surface area contributed by atoms with E-state index in [-0.39, 0.29) is 12.3 Å². The molecule has 1 aliphatic heterocycles. The van der Waals surface area contributed by atoms with Crippen LogP contribution in [0.25, 0.3) is 11.5 Å². The first-order chi connectivity index (χ1) is 12.8. The van der Waals surface area contributed by atoms with Gasteiger partial charge in [-0.25, -0.2) is 4.98 Å². The molecule has 1 saturated heterocycles. The van der Waals surface area contributed by atoms with Gasteiger partial charge in [-0.1, -0.05) is 36.4 Å². The number of anilines is 1. The fourth-order valence-corrected chi connectivity index (χ4v) is 3.22. The van der Waals surface area contributed by atoms with Crippen molar-refractivity contribution in [2.75, 3.05) is 31.1 Å². The molecule has 3 aromatic rings. The second-order valence-corrected chi connectivity index (χ2v) is 6.39. The van der Waals surface area contributed by atoms with Gasteiger partial charge in [-0.3, -0.25) is 4.79 Å². The number of carbonyl (C=O) groups excluding carboxylic acids is 1. The average Bonchev–Trinajstić information content (AvgIpc) is 3.18. The molecule has 1 aromatic heterocycles. The number of amides is 1. The summed E-state index contributed by atoms with van der Waals surface area (Å²) >= 11 is 0. The standard InChI is InChI=1S/C21H21N3O2/c25-20(15-18-16-26-21(22-18)17-7-3-1-4-8-17)24-13-11-23(12-14-24)19-9-5-2-6-10-19/h1-10,16H,11-15H2. The fraction of sp³-hybridized carbons (Fsp3) is 0.238. The van der Waals surface area contributed by atoms with E-state index < -0.39 is 0 Å². The van der Waals surface area contributed by atoms with Crippen LogP contribution in [0.4, 0.5) is 5.69 Å². The van der Waals surface area contributed by atoms with Gasteiger partial charge >= 0.3 is 0 Å². The van der Waals surface area contributed by atoms with Crippen molar-refractivity contribution in [3.63, 3.8) is 0 Å². The second kappa shape index (κ2) is 7.44. The van der Waals surface area contributed by atoms with E-state index in [1.165, 1.54) is 5.69 Å². The smallest absolute Gasteiger partial charge is 0.228 e. The predicted molar refractivity (Wildman–Crippen MR) is 101 cm³/mol. The summed E-state index contributed by atoms with van der Waals surface area (Å²) in [5, 5.41) is 0. The van der Waals surface area contributed by atoms with Crippen LogP contribution in [0.15, 0.2) is 71.3 Å². The molecule has 4 rings (SSSR count). The highest BCUT2D eigenvalue weighted by molar-refractivity contribution is 5.78. The van der Waals surface area contributed by atoms with Crippen molar-refractivity contribution in [3.05, 3.63) is 72.6 Å². The van der Waals surface area contributed by atoms with Gasteiger partial charge < -0.3 is 14.2 Å². The number of rotatable bonds is 4. The van der Waals surface area contributed by atoms with Crippen LogP contribution in [0.3, 0.4) is 0 Å². The van der Waals surface area contributed by atoms with Crippen molar-refractivity contribution in [1.82, 2.24) is 9.88 Å². The van der Waals surface area contributed by atoms with Crippen molar-refractivity contribution in [2.45, 2.75) is 6.42 Å². The van der Waals surface area contributed by atoms with E-state index in [0.717, 1.165) is 31.7 Å². The zero-order valence-corrected chi connectivity index (χ0v) is 14.5. The van der Waals surface area contributed by atoms with E-state index >= 15 is 0 Å². The van der Waals surface area contributed by atoms with Gasteiger partial charge in [-0.2, -0.15) is 0 Å². The Morgan fingerprint density at radius 1 is 0.923 bits per heavy atom. The molecule has 132 valence electrons. The van der Waals surface area contributed by atoms with Crippen molar-refractivity contribution in [1.29, 1.82) is 0 Å². The van der Waals surface area contributed by atoms with Crippen molar-refractivity contribution in [2.24, 2.45) is 0 Å². The summed E-state index contributed by atoms with van der Waals surface area (Å²) in [7, 11) is 0. The third-order valence-corrected chi connectivity index (χ3v) is 4.66. The number of hydrogen-bond acceptors (Lipinski definition) is 4. The van der Waals surface area contributed by atoms with Gasteiger partial charge in [-0.15, -0.1) is 0 Å². The summed E-state index contributed by atoms with van der Waals surface area (Å²) in [6, 6.07) is 20.0. The summed E-state index contributed by atoms with van der Waals surface area (Å²) in [6.45, 7) is 3.17. The second-order valence-electron chi connectivity index (χ2n) is 6.39. The van der Waals surface area contributed by atoms with E-state index in [1.807, 2.05) is 53.4 Å². The number of oxazole rings is 1. The van der Waals surface area contributed by atoms with Crippen molar-refractivity contribution < 1.29 is 9.21 Å². The lowest BCUT2D eigenvalue weighted by Gasteiger charge is -2.36. The number of hydrogen-bond donors (Lipinski definition) is 0. The van der Waals surface area contributed by atoms with Gasteiger partial charge in [0.25, 0.3) is 0 Å². The number of nitrogens with zero attached hydrogens (tertiary/aromatic N) is 3. The quantitative estimate of drug-likeness (QED) is 0.727. The molecule has 0 N–H and O–H groups in total. The summed E-state index contributed by atoms with van der Waals surface area (Å²) in [5.74, 6) is 0.660. The Balaban J connectivity index is 1.34. The minimum Gasteiger partial charge on any atom is -0.444 e. The van der Waals surface area contributed by atoms with Crippen LogP contribution in [-0.4, -0.2) is 42.0 Å². The van der Waals surface area contributed by atoms with Gasteiger partial charge in [0.2, 0.25) is 11.8 Å². The third-order valence-electron chi connectivity index (χ3n) is 4.66. The first kappa shape index (κ1) is 16.4. The normalized spacial score (nSPS) is 14.5. The highest BCUT2D eigenvalue weighted by Crippen LogP contribution is 2.19. The molecule has 5 heteroatoms. The Labute approximate surface area is 152 Å². The molecule has 2 heterocycles. The van der Waals surface area contributed by atoms with E-state index in [1.54, 1.807) is 6.26 Å². The molecular formula is C21H21N3O2. The maximum atomic E-state index is 12.6.